The summed E-state index contributed by atoms with van der Waals surface area (Å²) in [6.07, 6.45) is 0. The molecule has 25 heavy (non-hydrogen) atoms. The van der Waals surface area contributed by atoms with Crippen molar-refractivity contribution in [2.75, 3.05) is 0 Å². The summed E-state index contributed by atoms with van der Waals surface area (Å²) < 4.78 is 123. The van der Waals surface area contributed by atoms with Gasteiger partial charge in [-0.05, 0) is 0 Å². The summed E-state index contributed by atoms with van der Waals surface area (Å²) in [6, 6.07) is 0. The van der Waals surface area contributed by atoms with Crippen molar-refractivity contribution < 1.29 is 49.7 Å². The fraction of sp³-hybridized carbons (Fsp3) is 0. The first kappa shape index (κ1) is 17.0. The van der Waals surface area contributed by atoms with Gasteiger partial charge < -0.3 is 5.11 Å². The van der Waals surface area contributed by atoms with Crippen LogP contribution in [0.15, 0.2) is 0 Å². The molecule has 0 radical (unpaired) electrons. The van der Waals surface area contributed by atoms with Crippen molar-refractivity contribution in [3.05, 3.63) is 46.5 Å². The van der Waals surface area contributed by atoms with E-state index in [1.807, 2.05) is 0 Å². The molecular weight excluding hydrogens is 371 g/mol. The molecule has 1 N–H and O–H groups in total. The lowest BCUT2D eigenvalue weighted by Crippen LogP contribution is -2.04. The third-order valence-electron chi connectivity index (χ3n) is 3.54. The standard InChI is InChI=1S/C14HF9O2/c15-5-2-1-3(7(17)12(22)14(25-23)9(1)19)6(16)8(18)4(2)13(24)11(21)10(5)20/h24H. The van der Waals surface area contributed by atoms with Crippen LogP contribution in [0.4, 0.5) is 39.6 Å². The average Bonchev–Trinajstić information content (AvgIpc) is 2.58. The fourth-order valence-corrected chi connectivity index (χ4v) is 2.46. The summed E-state index contributed by atoms with van der Waals surface area (Å²) in [7, 11) is 0. The maximum atomic E-state index is 14.2. The van der Waals surface area contributed by atoms with E-state index in [1.54, 1.807) is 0 Å². The van der Waals surface area contributed by atoms with Gasteiger partial charge in [-0.1, -0.05) is 0 Å². The number of aromatic hydroxyl groups is 1. The number of halogens is 9. The molecule has 0 unspecified atom stereocenters. The Balaban J connectivity index is 2.85. The van der Waals surface area contributed by atoms with Crippen molar-refractivity contribution in [2.45, 2.75) is 0 Å². The van der Waals surface area contributed by atoms with E-state index in [0.717, 1.165) is 0 Å². The Morgan fingerprint density at radius 1 is 0.480 bits per heavy atom. The second kappa shape index (κ2) is 5.33. The average molecular weight is 372 g/mol. The van der Waals surface area contributed by atoms with E-state index in [-0.39, 0.29) is 0 Å². The number of phenolic OH excluding ortho intramolecular Hbond substituents is 1. The molecule has 2 nitrogen and oxygen atoms in total. The van der Waals surface area contributed by atoms with E-state index >= 15 is 0 Å². The molecule has 3 aromatic carbocycles. The van der Waals surface area contributed by atoms with E-state index < -0.39 is 79.6 Å². The molecule has 0 heterocycles. The monoisotopic (exact) mass is 372 g/mol. The number of phenols is 1. The van der Waals surface area contributed by atoms with Crippen LogP contribution in [0.2, 0.25) is 0 Å². The summed E-state index contributed by atoms with van der Waals surface area (Å²) in [5, 5.41) is 2.45. The minimum atomic E-state index is -2.44. The van der Waals surface area contributed by atoms with Crippen LogP contribution in [-0.4, -0.2) is 5.11 Å². The Hall–Kier alpha value is -2.85. The van der Waals surface area contributed by atoms with Crippen molar-refractivity contribution in [1.29, 1.82) is 0 Å². The maximum absolute atomic E-state index is 14.2. The molecule has 3 rings (SSSR count). The van der Waals surface area contributed by atoms with Crippen LogP contribution < -0.4 is 4.94 Å². The molecule has 0 amide bonds. The lowest BCUT2D eigenvalue weighted by atomic mass is 9.97. The first-order chi connectivity index (χ1) is 11.6. The molecular formula is C14HF9O2. The van der Waals surface area contributed by atoms with Crippen LogP contribution in [0, 0.1) is 46.5 Å². The summed E-state index contributed by atoms with van der Waals surface area (Å²) in [5.74, 6) is -22.9. The molecule has 3 aromatic rings. The molecule has 0 fully saturated rings. The highest BCUT2D eigenvalue weighted by Crippen LogP contribution is 2.44. The lowest BCUT2D eigenvalue weighted by molar-refractivity contribution is -0.0156. The summed E-state index contributed by atoms with van der Waals surface area (Å²) in [6.45, 7) is 0. The number of hydrogen-bond acceptors (Lipinski definition) is 2. The van der Waals surface area contributed by atoms with E-state index in [0.29, 0.717) is 0 Å². The minimum absolute atomic E-state index is 1.68. The van der Waals surface area contributed by atoms with Gasteiger partial charge in [0.25, 0.3) is 0 Å². The van der Waals surface area contributed by atoms with Crippen LogP contribution in [0.25, 0.3) is 21.5 Å². The van der Waals surface area contributed by atoms with E-state index in [4.69, 9.17) is 0 Å². The normalized spacial score (nSPS) is 11.6. The molecule has 0 aliphatic carbocycles. The van der Waals surface area contributed by atoms with Gasteiger partial charge in [0.15, 0.2) is 40.7 Å². The first-order valence-corrected chi connectivity index (χ1v) is 6.09. The van der Waals surface area contributed by atoms with Crippen molar-refractivity contribution >= 4 is 21.5 Å². The van der Waals surface area contributed by atoms with Gasteiger partial charge in [0.05, 0.1) is 10.8 Å². The van der Waals surface area contributed by atoms with Crippen molar-refractivity contribution in [1.82, 2.24) is 0 Å². The van der Waals surface area contributed by atoms with Crippen molar-refractivity contribution in [3.8, 4) is 11.5 Å². The Kier molecular flexibility index (Phi) is 3.62. The Morgan fingerprint density at radius 2 is 0.920 bits per heavy atom. The maximum Gasteiger partial charge on any atom is 0.246 e. The largest absolute Gasteiger partial charge is 0.504 e. The second-order valence-electron chi connectivity index (χ2n) is 4.77. The molecule has 0 aliphatic heterocycles. The third-order valence-corrected chi connectivity index (χ3v) is 3.54. The molecule has 0 aliphatic rings. The fourth-order valence-electron chi connectivity index (χ4n) is 2.46. The zero-order valence-electron chi connectivity index (χ0n) is 11.3. The molecule has 132 valence electrons. The molecule has 0 bridgehead atoms. The zero-order chi connectivity index (χ0) is 18.8. The Labute approximate surface area is 130 Å². The molecule has 0 spiro atoms. The molecule has 0 aromatic heterocycles. The van der Waals surface area contributed by atoms with Crippen molar-refractivity contribution in [2.24, 2.45) is 0 Å². The quantitative estimate of drug-likeness (QED) is 0.280. The second-order valence-corrected chi connectivity index (χ2v) is 4.77. The van der Waals surface area contributed by atoms with Crippen LogP contribution in [0.3, 0.4) is 0 Å². The van der Waals surface area contributed by atoms with Gasteiger partial charge in [0.2, 0.25) is 17.4 Å². The molecule has 0 saturated heterocycles. The van der Waals surface area contributed by atoms with Crippen LogP contribution in [0.1, 0.15) is 0 Å². The highest BCUT2D eigenvalue weighted by molar-refractivity contribution is 6.11. The Morgan fingerprint density at radius 3 is 1.48 bits per heavy atom. The molecule has 0 atom stereocenters. The predicted octanol–water partition coefficient (Wildman–Crippen LogP) is 5.07. The minimum Gasteiger partial charge on any atom is -0.504 e. The number of fused-ring (bicyclic) bond motifs is 3. The van der Waals surface area contributed by atoms with E-state index in [1.165, 1.54) is 0 Å². The van der Waals surface area contributed by atoms with Gasteiger partial charge in [0.1, 0.15) is 0 Å². The third kappa shape index (κ3) is 1.94. The topological polar surface area (TPSA) is 29.5 Å². The van der Waals surface area contributed by atoms with Gasteiger partial charge in [-0.3, -0.25) is 4.94 Å². The van der Waals surface area contributed by atoms with Gasteiger partial charge in [0, 0.05) is 15.3 Å². The summed E-state index contributed by atoms with van der Waals surface area (Å²) >= 11 is 0. The van der Waals surface area contributed by atoms with Gasteiger partial charge in [-0.2, -0.15) is 8.78 Å². The van der Waals surface area contributed by atoms with Crippen LogP contribution in [-0.2, 0) is 0 Å². The van der Waals surface area contributed by atoms with Gasteiger partial charge >= 0.3 is 0 Å². The van der Waals surface area contributed by atoms with Gasteiger partial charge in [-0.25, -0.2) is 26.3 Å². The number of hydrogen-bond donors (Lipinski definition) is 1. The number of benzene rings is 3. The van der Waals surface area contributed by atoms with Crippen LogP contribution >= 0.6 is 0 Å². The summed E-state index contributed by atoms with van der Waals surface area (Å²) in [4.78, 5) is 2.75. The summed E-state index contributed by atoms with van der Waals surface area (Å²) in [5.41, 5.74) is 0. The zero-order valence-corrected chi connectivity index (χ0v) is 11.3. The smallest absolute Gasteiger partial charge is 0.246 e. The highest BCUT2D eigenvalue weighted by Gasteiger charge is 2.33. The molecule has 0 saturated carbocycles. The van der Waals surface area contributed by atoms with E-state index in [2.05, 4.69) is 4.94 Å². The highest BCUT2D eigenvalue weighted by atomic mass is 19.3. The number of rotatable bonds is 1. The molecule has 11 heteroatoms. The SMILES string of the molecule is Oc1c(F)c(F)c(F)c2c1c(F)c(F)c1c(F)c(F)c(OF)c(F)c12. The van der Waals surface area contributed by atoms with E-state index in [9.17, 15) is 44.8 Å². The Bertz CT molecular complexity index is 1080. The lowest BCUT2D eigenvalue weighted by Gasteiger charge is -2.14. The van der Waals surface area contributed by atoms with Crippen molar-refractivity contribution in [3.63, 3.8) is 0 Å². The first-order valence-electron chi connectivity index (χ1n) is 6.09. The van der Waals surface area contributed by atoms with Gasteiger partial charge in [-0.15, -0.1) is 0 Å². The predicted molar refractivity (Wildman–Crippen MR) is 64.5 cm³/mol. The van der Waals surface area contributed by atoms with Crippen LogP contribution in [0.5, 0.6) is 11.5 Å².